The Labute approximate surface area is 343 Å². The highest BCUT2D eigenvalue weighted by molar-refractivity contribution is 7.46. The van der Waals surface area contributed by atoms with Crippen LogP contribution in [0.15, 0.2) is 60.8 Å². The Bertz CT molecular complexity index is 1090. The number of rotatable bonds is 41. The second kappa shape index (κ2) is 42.4. The monoisotopic (exact) mass is 807 g/mol. The van der Waals surface area contributed by atoms with E-state index >= 15 is 0 Å². The summed E-state index contributed by atoms with van der Waals surface area (Å²) >= 11 is 0. The van der Waals surface area contributed by atoms with Crippen LogP contribution in [0.4, 0.5) is 0 Å². The molecule has 0 aromatic rings. The zero-order valence-electron chi connectivity index (χ0n) is 35.8. The van der Waals surface area contributed by atoms with E-state index in [1.807, 2.05) is 6.08 Å². The summed E-state index contributed by atoms with van der Waals surface area (Å²) in [4.78, 5) is 42.9. The number of allylic oxidation sites excluding steroid dienone is 10. The number of phosphoric acid groups is 1. The molecule has 0 spiro atoms. The van der Waals surface area contributed by atoms with Gasteiger partial charge in [0.05, 0.1) is 6.61 Å². The SMILES string of the molecule is CCCCCCCC/C=C/CCCCCCCCCC(=O)O[C@H](COC(=O)CCC/C=C/C/C=C/C/C=C/C/C=C/CCCCCCCCC)COP(=O)(O)O. The first kappa shape index (κ1) is 53.8. The molecule has 0 aliphatic rings. The normalized spacial score (nSPS) is 13.0. The highest BCUT2D eigenvalue weighted by atomic mass is 31.2. The zero-order valence-corrected chi connectivity index (χ0v) is 36.7. The molecule has 8 nitrogen and oxygen atoms in total. The average molecular weight is 807 g/mol. The van der Waals surface area contributed by atoms with Crippen molar-refractivity contribution in [1.29, 1.82) is 0 Å². The molecule has 0 amide bonds. The molecule has 0 saturated heterocycles. The van der Waals surface area contributed by atoms with Crippen molar-refractivity contribution in [2.75, 3.05) is 13.2 Å². The molecule has 0 aromatic carbocycles. The molecule has 0 unspecified atom stereocenters. The van der Waals surface area contributed by atoms with Crippen molar-refractivity contribution < 1.29 is 37.9 Å². The highest BCUT2D eigenvalue weighted by Crippen LogP contribution is 2.36. The minimum atomic E-state index is -4.77. The van der Waals surface area contributed by atoms with Crippen molar-refractivity contribution in [3.63, 3.8) is 0 Å². The lowest BCUT2D eigenvalue weighted by molar-refractivity contribution is -0.161. The Kier molecular flexibility index (Phi) is 40.7. The van der Waals surface area contributed by atoms with E-state index in [2.05, 4.69) is 73.1 Å². The van der Waals surface area contributed by atoms with Crippen LogP contribution in [-0.4, -0.2) is 41.0 Å². The molecule has 0 fully saturated rings. The van der Waals surface area contributed by atoms with Gasteiger partial charge in [0.1, 0.15) is 6.61 Å². The minimum Gasteiger partial charge on any atom is -0.462 e. The molecule has 1 atom stereocenters. The second-order valence-corrected chi connectivity index (χ2v) is 16.3. The van der Waals surface area contributed by atoms with Crippen LogP contribution >= 0.6 is 7.82 Å². The van der Waals surface area contributed by atoms with E-state index in [1.165, 1.54) is 116 Å². The maximum atomic E-state index is 12.4. The van der Waals surface area contributed by atoms with Crippen molar-refractivity contribution in [2.24, 2.45) is 0 Å². The molecule has 2 N–H and O–H groups in total. The van der Waals surface area contributed by atoms with Gasteiger partial charge < -0.3 is 19.3 Å². The Balaban J connectivity index is 4.00. The van der Waals surface area contributed by atoms with Crippen LogP contribution in [0.2, 0.25) is 0 Å². The predicted octanol–water partition coefficient (Wildman–Crippen LogP) is 14.1. The van der Waals surface area contributed by atoms with Crippen LogP contribution in [0.3, 0.4) is 0 Å². The van der Waals surface area contributed by atoms with Gasteiger partial charge in [-0.15, -0.1) is 0 Å². The number of hydrogen-bond donors (Lipinski definition) is 2. The maximum Gasteiger partial charge on any atom is 0.469 e. The van der Waals surface area contributed by atoms with E-state index in [4.69, 9.17) is 19.3 Å². The van der Waals surface area contributed by atoms with E-state index in [-0.39, 0.29) is 19.4 Å². The largest absolute Gasteiger partial charge is 0.469 e. The quantitative estimate of drug-likeness (QED) is 0.0271. The highest BCUT2D eigenvalue weighted by Gasteiger charge is 2.22. The summed E-state index contributed by atoms with van der Waals surface area (Å²) in [6.07, 6.45) is 53.8. The van der Waals surface area contributed by atoms with Crippen LogP contribution in [0.25, 0.3) is 0 Å². The van der Waals surface area contributed by atoms with Crippen molar-refractivity contribution in [2.45, 2.75) is 213 Å². The Hall–Kier alpha value is -2.25. The van der Waals surface area contributed by atoms with Crippen LogP contribution in [0.5, 0.6) is 0 Å². The first-order valence-electron chi connectivity index (χ1n) is 22.6. The topological polar surface area (TPSA) is 119 Å². The van der Waals surface area contributed by atoms with Crippen molar-refractivity contribution in [1.82, 2.24) is 0 Å². The first-order chi connectivity index (χ1) is 27.3. The number of carbonyl (C=O) groups excluding carboxylic acids is 2. The summed E-state index contributed by atoms with van der Waals surface area (Å²) in [7, 11) is -4.77. The van der Waals surface area contributed by atoms with Crippen molar-refractivity contribution >= 4 is 19.8 Å². The number of esters is 2. The van der Waals surface area contributed by atoms with Crippen LogP contribution in [-0.2, 0) is 28.2 Å². The summed E-state index contributed by atoms with van der Waals surface area (Å²) in [6.45, 7) is 3.64. The van der Waals surface area contributed by atoms with Gasteiger partial charge in [0, 0.05) is 12.8 Å². The molecular formula is C47H83O8P. The molecule has 0 radical (unpaired) electrons. The van der Waals surface area contributed by atoms with Gasteiger partial charge in [0.2, 0.25) is 0 Å². The smallest absolute Gasteiger partial charge is 0.462 e. The van der Waals surface area contributed by atoms with E-state index < -0.39 is 32.5 Å². The third-order valence-electron chi connectivity index (χ3n) is 9.51. The third-order valence-corrected chi connectivity index (χ3v) is 9.99. The molecule has 0 aliphatic carbocycles. The molecule has 56 heavy (non-hydrogen) atoms. The van der Waals surface area contributed by atoms with Crippen molar-refractivity contribution in [3.8, 4) is 0 Å². The standard InChI is InChI=1S/C47H83O8P/c1-3-5-7-9-11-13-15-17-19-21-22-23-24-26-27-29-31-33-35-37-39-41-46(48)53-43-45(44-54-56(50,51)52)55-47(49)42-40-38-36-34-32-30-28-25-20-18-16-14-12-10-8-6-4-2/h18-21,23-24,27,29,33,35,45H,3-17,22,25-26,28,30-32,34,36-44H2,1-2H3,(H2,50,51,52)/b20-18+,21-19+,24-23+,29-27+,35-33+/t45-/m1/s1. The Morgan fingerprint density at radius 3 is 1.27 bits per heavy atom. The Morgan fingerprint density at radius 1 is 0.464 bits per heavy atom. The number of carbonyl (C=O) groups is 2. The van der Waals surface area contributed by atoms with Crippen LogP contribution in [0, 0.1) is 0 Å². The van der Waals surface area contributed by atoms with E-state index in [0.29, 0.717) is 12.8 Å². The van der Waals surface area contributed by atoms with E-state index in [9.17, 15) is 14.2 Å². The predicted molar refractivity (Wildman–Crippen MR) is 234 cm³/mol. The van der Waals surface area contributed by atoms with Gasteiger partial charge in [-0.1, -0.05) is 177 Å². The third kappa shape index (κ3) is 44.5. The molecule has 9 heteroatoms. The molecule has 0 aromatic heterocycles. The lowest BCUT2D eigenvalue weighted by Crippen LogP contribution is -2.29. The Morgan fingerprint density at radius 2 is 0.821 bits per heavy atom. The second-order valence-electron chi connectivity index (χ2n) is 15.0. The van der Waals surface area contributed by atoms with Gasteiger partial charge in [-0.05, 0) is 77.0 Å². The maximum absolute atomic E-state index is 12.4. The zero-order chi connectivity index (χ0) is 41.1. The lowest BCUT2D eigenvalue weighted by atomic mass is 10.1. The van der Waals surface area contributed by atoms with Gasteiger partial charge >= 0.3 is 19.8 Å². The molecule has 0 heterocycles. The van der Waals surface area contributed by atoms with Gasteiger partial charge in [-0.2, -0.15) is 0 Å². The first-order valence-corrected chi connectivity index (χ1v) is 24.1. The van der Waals surface area contributed by atoms with Crippen LogP contribution in [0.1, 0.15) is 206 Å². The average Bonchev–Trinajstić information content (AvgIpc) is 3.17. The molecule has 0 rings (SSSR count). The van der Waals surface area contributed by atoms with Gasteiger partial charge in [-0.25, -0.2) is 4.57 Å². The molecule has 0 saturated carbocycles. The summed E-state index contributed by atoms with van der Waals surface area (Å²) in [6, 6.07) is 0. The minimum absolute atomic E-state index is 0.189. The van der Waals surface area contributed by atoms with Crippen molar-refractivity contribution in [3.05, 3.63) is 60.8 Å². The molecule has 0 aliphatic heterocycles. The van der Waals surface area contributed by atoms with Gasteiger partial charge in [0.15, 0.2) is 6.10 Å². The molecular weight excluding hydrogens is 723 g/mol. The fourth-order valence-electron chi connectivity index (χ4n) is 6.13. The number of ether oxygens (including phenoxy) is 2. The fraction of sp³-hybridized carbons (Fsp3) is 0.745. The molecule has 0 bridgehead atoms. The molecule has 324 valence electrons. The summed E-state index contributed by atoms with van der Waals surface area (Å²) < 4.78 is 26.4. The van der Waals surface area contributed by atoms with E-state index in [0.717, 1.165) is 51.4 Å². The van der Waals surface area contributed by atoms with Crippen LogP contribution < -0.4 is 0 Å². The van der Waals surface area contributed by atoms with Gasteiger partial charge in [-0.3, -0.25) is 14.1 Å². The summed E-state index contributed by atoms with van der Waals surface area (Å²) in [5.41, 5.74) is 0. The fourth-order valence-corrected chi connectivity index (χ4v) is 6.49. The lowest BCUT2D eigenvalue weighted by Gasteiger charge is -2.18. The number of hydrogen-bond acceptors (Lipinski definition) is 6. The summed E-state index contributed by atoms with van der Waals surface area (Å²) in [5.74, 6) is -0.955. The number of phosphoric ester groups is 1. The summed E-state index contributed by atoms with van der Waals surface area (Å²) in [5, 5.41) is 0. The van der Waals surface area contributed by atoms with Gasteiger partial charge in [0.25, 0.3) is 0 Å². The number of unbranched alkanes of at least 4 members (excludes halogenated alkanes) is 21. The van der Waals surface area contributed by atoms with E-state index in [1.54, 1.807) is 0 Å².